The molecule has 0 bridgehead atoms. The fourth-order valence-corrected chi connectivity index (χ4v) is 7.61. The first-order valence-corrected chi connectivity index (χ1v) is 17.3. The van der Waals surface area contributed by atoms with Gasteiger partial charge >= 0.3 is 0 Å². The highest BCUT2D eigenvalue weighted by molar-refractivity contribution is 7.90. The molecule has 2 aliphatic heterocycles. The molecule has 0 aliphatic carbocycles. The molecule has 0 amide bonds. The Morgan fingerprint density at radius 3 is 2.31 bits per heavy atom. The summed E-state index contributed by atoms with van der Waals surface area (Å²) in [5, 5.41) is 12.4. The number of para-hydroxylation sites is 1. The average Bonchev–Trinajstić information content (AvgIpc) is 3.51. The van der Waals surface area contributed by atoms with Crippen molar-refractivity contribution >= 4 is 20.9 Å². The predicted octanol–water partition coefficient (Wildman–Crippen LogP) is 5.23. The van der Waals surface area contributed by atoms with Crippen molar-refractivity contribution < 1.29 is 41.9 Å². The van der Waals surface area contributed by atoms with Crippen molar-refractivity contribution in [2.24, 2.45) is 0 Å². The molecule has 1 unspecified atom stereocenters. The first-order chi connectivity index (χ1) is 23.4. The van der Waals surface area contributed by atoms with Crippen LogP contribution in [0.15, 0.2) is 120 Å². The van der Waals surface area contributed by atoms with Gasteiger partial charge in [-0.15, -0.1) is 0 Å². The van der Waals surface area contributed by atoms with Gasteiger partial charge in [-0.1, -0.05) is 78.9 Å². The van der Waals surface area contributed by atoms with Crippen molar-refractivity contribution in [2.45, 2.75) is 54.9 Å². The minimum absolute atomic E-state index is 0.153. The number of benzene rings is 4. The number of aromatic nitrogens is 1. The third kappa shape index (κ3) is 6.63. The highest BCUT2D eigenvalue weighted by Crippen LogP contribution is 2.36. The van der Waals surface area contributed by atoms with E-state index in [9.17, 15) is 13.5 Å². The number of nitrogens with zero attached hydrogens (tertiary/aromatic N) is 1. The molecule has 1 N–H and O–H groups in total. The zero-order valence-corrected chi connectivity index (χ0v) is 27.1. The van der Waals surface area contributed by atoms with E-state index in [1.165, 1.54) is 3.97 Å². The molecule has 0 radical (unpaired) electrons. The van der Waals surface area contributed by atoms with Gasteiger partial charge in [0.2, 0.25) is 0 Å². The standard InChI is InChI=1S/C37H37NO9S/c1-42-28-18-16-26(17-19-28)36-45-24-32-34(47-36)35(44-23-25-10-4-2-5-11-25)33(39)37(46-32)43-21-20-27-22-38(31-15-9-8-14-30(27)31)48(40,41)29-12-6-3-7-13-29/h2-19,22,32-37,39H,20-21,23-24H2,1H3/t32-,33-,34-,35-,36?,37-/m0/s1. The Labute approximate surface area is 279 Å². The quantitative estimate of drug-likeness (QED) is 0.202. The largest absolute Gasteiger partial charge is 0.497 e. The van der Waals surface area contributed by atoms with Crippen LogP contribution in [0, 0.1) is 0 Å². The van der Waals surface area contributed by atoms with Crippen molar-refractivity contribution in [1.29, 1.82) is 0 Å². The van der Waals surface area contributed by atoms with Gasteiger partial charge in [-0.3, -0.25) is 0 Å². The SMILES string of the molecule is COc1ccc(C2OC[C@@H]3O[C@H](OCCc4cn(S(=O)(=O)c5ccccc5)c5ccccc45)[C@@H](O)[C@H](OCc4ccccc4)[C@H]3O2)cc1. The molecule has 1 aromatic heterocycles. The normalized spacial score (nSPS) is 24.3. The molecule has 3 heterocycles. The summed E-state index contributed by atoms with van der Waals surface area (Å²) in [5.74, 6) is 0.718. The number of aliphatic hydroxyl groups excluding tert-OH is 1. The summed E-state index contributed by atoms with van der Waals surface area (Å²) in [7, 11) is -2.21. The molecule has 11 heteroatoms. The van der Waals surface area contributed by atoms with Crippen molar-refractivity contribution in [3.8, 4) is 5.75 Å². The second-order valence-electron chi connectivity index (χ2n) is 11.7. The van der Waals surface area contributed by atoms with E-state index in [0.717, 1.165) is 27.8 Å². The van der Waals surface area contributed by atoms with E-state index >= 15 is 0 Å². The maximum atomic E-state index is 13.5. The third-order valence-corrected chi connectivity index (χ3v) is 10.4. The lowest BCUT2D eigenvalue weighted by Crippen LogP contribution is -2.63. The minimum atomic E-state index is -3.82. The van der Waals surface area contributed by atoms with Crippen LogP contribution < -0.4 is 4.74 Å². The number of hydrogen-bond acceptors (Lipinski definition) is 9. The van der Waals surface area contributed by atoms with Crippen molar-refractivity contribution in [2.75, 3.05) is 20.3 Å². The Hall–Kier alpha value is -4.07. The summed E-state index contributed by atoms with van der Waals surface area (Å²) >= 11 is 0. The van der Waals surface area contributed by atoms with E-state index in [4.69, 9.17) is 28.4 Å². The van der Waals surface area contributed by atoms with E-state index in [0.29, 0.717) is 11.9 Å². The van der Waals surface area contributed by atoms with E-state index in [-0.39, 0.29) is 24.7 Å². The Bertz CT molecular complexity index is 1920. The fraction of sp³-hybridized carbons (Fsp3) is 0.297. The molecule has 2 saturated heterocycles. The predicted molar refractivity (Wildman–Crippen MR) is 177 cm³/mol. The summed E-state index contributed by atoms with van der Waals surface area (Å²) in [6, 6.07) is 32.8. The molecule has 4 aromatic carbocycles. The Morgan fingerprint density at radius 2 is 1.56 bits per heavy atom. The first kappa shape index (κ1) is 32.5. The monoisotopic (exact) mass is 671 g/mol. The van der Waals surface area contributed by atoms with Gasteiger partial charge in [0.15, 0.2) is 12.6 Å². The summed E-state index contributed by atoms with van der Waals surface area (Å²) in [5.41, 5.74) is 3.12. The van der Waals surface area contributed by atoms with Gasteiger partial charge in [-0.25, -0.2) is 12.4 Å². The number of aliphatic hydroxyl groups is 1. The molecule has 2 aliphatic rings. The van der Waals surface area contributed by atoms with Crippen LogP contribution in [0.2, 0.25) is 0 Å². The number of fused-ring (bicyclic) bond motifs is 2. The molecule has 250 valence electrons. The second-order valence-corrected chi connectivity index (χ2v) is 13.6. The summed E-state index contributed by atoms with van der Waals surface area (Å²) < 4.78 is 64.8. The summed E-state index contributed by atoms with van der Waals surface area (Å²) in [6.07, 6.45) is -2.85. The highest BCUT2D eigenvalue weighted by atomic mass is 32.2. The van der Waals surface area contributed by atoms with Crippen LogP contribution in [0.1, 0.15) is 23.0 Å². The maximum absolute atomic E-state index is 13.5. The third-order valence-electron chi connectivity index (χ3n) is 8.69. The van der Waals surface area contributed by atoms with Crippen molar-refractivity contribution in [1.82, 2.24) is 3.97 Å². The average molecular weight is 672 g/mol. The Morgan fingerprint density at radius 1 is 0.854 bits per heavy atom. The number of rotatable bonds is 11. The van der Waals surface area contributed by atoms with Gasteiger partial charge < -0.3 is 33.5 Å². The van der Waals surface area contributed by atoms with Gasteiger partial charge in [0.1, 0.15) is 30.2 Å². The molecular formula is C37H37NO9S. The van der Waals surface area contributed by atoms with Crippen LogP contribution in [0.25, 0.3) is 10.9 Å². The first-order valence-electron chi connectivity index (χ1n) is 15.8. The molecule has 2 fully saturated rings. The molecule has 0 spiro atoms. The number of ether oxygens (including phenoxy) is 6. The zero-order valence-electron chi connectivity index (χ0n) is 26.3. The van der Waals surface area contributed by atoms with Crippen molar-refractivity contribution in [3.63, 3.8) is 0 Å². The smallest absolute Gasteiger partial charge is 0.268 e. The van der Waals surface area contributed by atoms with E-state index < -0.39 is 47.0 Å². The lowest BCUT2D eigenvalue weighted by Gasteiger charge is -2.47. The van der Waals surface area contributed by atoms with Crippen LogP contribution in [-0.2, 0) is 46.7 Å². The minimum Gasteiger partial charge on any atom is -0.497 e. The topological polar surface area (TPSA) is 115 Å². The van der Waals surface area contributed by atoms with Gasteiger partial charge in [0.05, 0.1) is 37.3 Å². The maximum Gasteiger partial charge on any atom is 0.268 e. The van der Waals surface area contributed by atoms with E-state index in [1.54, 1.807) is 49.7 Å². The van der Waals surface area contributed by atoms with Gasteiger partial charge in [-0.2, -0.15) is 0 Å². The number of hydrogen-bond donors (Lipinski definition) is 1. The number of methoxy groups -OCH3 is 1. The Kier molecular flexibility index (Phi) is 9.60. The lowest BCUT2D eigenvalue weighted by atomic mass is 9.97. The molecule has 0 saturated carbocycles. The summed E-state index contributed by atoms with van der Waals surface area (Å²) in [6.45, 7) is 0.607. The van der Waals surface area contributed by atoms with Crippen LogP contribution in [-0.4, -0.2) is 68.5 Å². The van der Waals surface area contributed by atoms with Crippen molar-refractivity contribution in [3.05, 3.63) is 132 Å². The van der Waals surface area contributed by atoms with Crippen LogP contribution in [0.5, 0.6) is 5.75 Å². The molecular weight excluding hydrogens is 634 g/mol. The molecule has 5 aromatic rings. The van der Waals surface area contributed by atoms with E-state index in [1.807, 2.05) is 72.8 Å². The zero-order chi connectivity index (χ0) is 33.1. The molecule has 48 heavy (non-hydrogen) atoms. The van der Waals surface area contributed by atoms with Crippen LogP contribution >= 0.6 is 0 Å². The second kappa shape index (κ2) is 14.2. The molecule has 10 nitrogen and oxygen atoms in total. The van der Waals surface area contributed by atoms with Gasteiger partial charge in [0, 0.05) is 17.1 Å². The van der Waals surface area contributed by atoms with Gasteiger partial charge in [0.25, 0.3) is 10.0 Å². The van der Waals surface area contributed by atoms with Crippen LogP contribution in [0.4, 0.5) is 0 Å². The van der Waals surface area contributed by atoms with E-state index in [2.05, 4.69) is 0 Å². The highest BCUT2D eigenvalue weighted by Gasteiger charge is 2.50. The van der Waals surface area contributed by atoms with Crippen LogP contribution in [0.3, 0.4) is 0 Å². The fourth-order valence-electron chi connectivity index (χ4n) is 6.20. The molecule has 7 rings (SSSR count). The molecule has 6 atom stereocenters. The lowest BCUT2D eigenvalue weighted by molar-refractivity contribution is -0.366. The Balaban J connectivity index is 1.08. The van der Waals surface area contributed by atoms with Gasteiger partial charge in [-0.05, 0) is 47.9 Å². The summed E-state index contributed by atoms with van der Waals surface area (Å²) in [4.78, 5) is 0.203.